The maximum absolute atomic E-state index is 4.23. The highest BCUT2D eigenvalue weighted by atomic mass is 32.1. The molecule has 2 aromatic rings. The number of nitrogens with zero attached hydrogens (tertiary/aromatic N) is 2. The van der Waals surface area contributed by atoms with E-state index in [1.54, 1.807) is 11.3 Å². The topological polar surface area (TPSA) is 37.8 Å². The van der Waals surface area contributed by atoms with Crippen LogP contribution in [-0.2, 0) is 12.8 Å². The average Bonchev–Trinajstić information content (AvgIpc) is 2.85. The molecule has 90 valence electrons. The Hall–Kier alpha value is -1.26. The fourth-order valence-corrected chi connectivity index (χ4v) is 2.47. The molecule has 0 aliphatic carbocycles. The molecule has 0 radical (unpaired) electrons. The summed E-state index contributed by atoms with van der Waals surface area (Å²) in [5, 5.41) is 13.8. The van der Waals surface area contributed by atoms with Gasteiger partial charge in [0.15, 0.2) is 0 Å². The lowest BCUT2D eigenvalue weighted by Gasteiger charge is -2.02. The normalized spacial score (nSPS) is 12.6. The predicted molar refractivity (Wildman–Crippen MR) is 71.2 cm³/mol. The van der Waals surface area contributed by atoms with E-state index in [4.69, 9.17) is 0 Å². The van der Waals surface area contributed by atoms with Gasteiger partial charge < -0.3 is 5.32 Å². The van der Waals surface area contributed by atoms with Gasteiger partial charge in [-0.05, 0) is 26.0 Å². The molecule has 0 spiro atoms. The molecule has 0 aliphatic heterocycles. The fourth-order valence-electron chi connectivity index (χ4n) is 1.56. The number of aromatic nitrogens is 2. The molecule has 1 N–H and O–H groups in total. The van der Waals surface area contributed by atoms with Gasteiger partial charge in [0.25, 0.3) is 0 Å². The van der Waals surface area contributed by atoms with Gasteiger partial charge in [0, 0.05) is 6.42 Å². The Morgan fingerprint density at radius 1 is 1.18 bits per heavy atom. The Labute approximate surface area is 106 Å². The predicted octanol–water partition coefficient (Wildman–Crippen LogP) is 2.60. The van der Waals surface area contributed by atoms with Crippen LogP contribution in [0, 0.1) is 0 Å². The van der Waals surface area contributed by atoms with Gasteiger partial charge in [-0.15, -0.1) is 10.2 Å². The zero-order valence-electron chi connectivity index (χ0n) is 10.2. The van der Waals surface area contributed by atoms with E-state index in [1.165, 1.54) is 5.56 Å². The standard InChI is InChI=1S/C13H17N3S/c1-10(14-2)13-16-15-12(17-13)9-8-11-6-4-3-5-7-11/h3-7,10,14H,8-9H2,1-2H3. The van der Waals surface area contributed by atoms with E-state index in [1.807, 2.05) is 13.1 Å². The Morgan fingerprint density at radius 3 is 2.65 bits per heavy atom. The summed E-state index contributed by atoms with van der Waals surface area (Å²) in [6.07, 6.45) is 2.00. The molecular formula is C13H17N3S. The van der Waals surface area contributed by atoms with E-state index in [9.17, 15) is 0 Å². The third-order valence-corrected chi connectivity index (χ3v) is 3.92. The first-order valence-corrected chi connectivity index (χ1v) is 6.64. The van der Waals surface area contributed by atoms with E-state index in [0.717, 1.165) is 22.9 Å². The lowest BCUT2D eigenvalue weighted by Crippen LogP contribution is -2.11. The van der Waals surface area contributed by atoms with Crippen molar-refractivity contribution in [1.82, 2.24) is 15.5 Å². The number of hydrogen-bond donors (Lipinski definition) is 1. The van der Waals surface area contributed by atoms with Gasteiger partial charge >= 0.3 is 0 Å². The van der Waals surface area contributed by atoms with Gasteiger partial charge in [-0.25, -0.2) is 0 Å². The molecule has 2 rings (SSSR count). The first-order valence-electron chi connectivity index (χ1n) is 5.83. The molecule has 1 aromatic heterocycles. The second kappa shape index (κ2) is 5.89. The summed E-state index contributed by atoms with van der Waals surface area (Å²) in [5.74, 6) is 0. The van der Waals surface area contributed by atoms with Crippen LogP contribution < -0.4 is 5.32 Å². The summed E-state index contributed by atoms with van der Waals surface area (Å²) in [4.78, 5) is 0. The molecule has 0 fully saturated rings. The molecule has 1 heterocycles. The molecule has 0 saturated heterocycles. The number of aryl methyl sites for hydroxylation is 2. The minimum absolute atomic E-state index is 0.290. The maximum atomic E-state index is 4.23. The monoisotopic (exact) mass is 247 g/mol. The van der Waals surface area contributed by atoms with Crippen molar-refractivity contribution in [2.75, 3.05) is 7.05 Å². The van der Waals surface area contributed by atoms with Crippen LogP contribution in [0.15, 0.2) is 30.3 Å². The Bertz CT molecular complexity index is 453. The smallest absolute Gasteiger partial charge is 0.134 e. The summed E-state index contributed by atoms with van der Waals surface area (Å²) >= 11 is 1.70. The molecule has 0 saturated carbocycles. The summed E-state index contributed by atoms with van der Waals surface area (Å²) in [6, 6.07) is 10.8. The summed E-state index contributed by atoms with van der Waals surface area (Å²) < 4.78 is 0. The van der Waals surface area contributed by atoms with E-state index in [-0.39, 0.29) is 6.04 Å². The fraction of sp³-hybridized carbons (Fsp3) is 0.385. The van der Waals surface area contributed by atoms with Gasteiger partial charge in [0.1, 0.15) is 10.0 Å². The lowest BCUT2D eigenvalue weighted by molar-refractivity contribution is 0.639. The van der Waals surface area contributed by atoms with Crippen molar-refractivity contribution >= 4 is 11.3 Å². The minimum atomic E-state index is 0.290. The Balaban J connectivity index is 1.94. The van der Waals surface area contributed by atoms with Crippen LogP contribution in [0.4, 0.5) is 0 Å². The third-order valence-electron chi connectivity index (χ3n) is 2.76. The number of hydrogen-bond acceptors (Lipinski definition) is 4. The molecule has 0 bridgehead atoms. The van der Waals surface area contributed by atoms with Crippen LogP contribution in [-0.4, -0.2) is 17.2 Å². The lowest BCUT2D eigenvalue weighted by atomic mass is 10.1. The van der Waals surface area contributed by atoms with Crippen LogP contribution in [0.2, 0.25) is 0 Å². The number of benzene rings is 1. The van der Waals surface area contributed by atoms with Gasteiger partial charge in [-0.1, -0.05) is 41.7 Å². The zero-order valence-corrected chi connectivity index (χ0v) is 11.0. The van der Waals surface area contributed by atoms with Crippen LogP contribution in [0.3, 0.4) is 0 Å². The second-order valence-corrected chi connectivity index (χ2v) is 5.12. The van der Waals surface area contributed by atoms with Crippen molar-refractivity contribution in [1.29, 1.82) is 0 Å². The highest BCUT2D eigenvalue weighted by Crippen LogP contribution is 2.18. The highest BCUT2D eigenvalue weighted by molar-refractivity contribution is 7.11. The van der Waals surface area contributed by atoms with Gasteiger partial charge in [-0.3, -0.25) is 0 Å². The molecule has 4 heteroatoms. The van der Waals surface area contributed by atoms with Crippen molar-refractivity contribution in [3.8, 4) is 0 Å². The average molecular weight is 247 g/mol. The summed E-state index contributed by atoms with van der Waals surface area (Å²) in [7, 11) is 1.94. The van der Waals surface area contributed by atoms with E-state index < -0.39 is 0 Å². The van der Waals surface area contributed by atoms with E-state index >= 15 is 0 Å². The molecule has 1 unspecified atom stereocenters. The molecule has 3 nitrogen and oxygen atoms in total. The zero-order chi connectivity index (χ0) is 12.1. The van der Waals surface area contributed by atoms with Crippen LogP contribution in [0.25, 0.3) is 0 Å². The molecule has 1 atom stereocenters. The van der Waals surface area contributed by atoms with Crippen molar-refractivity contribution in [2.45, 2.75) is 25.8 Å². The molecular weight excluding hydrogens is 230 g/mol. The van der Waals surface area contributed by atoms with E-state index in [2.05, 4.69) is 46.7 Å². The number of nitrogens with one attached hydrogen (secondary N) is 1. The molecule has 0 amide bonds. The quantitative estimate of drug-likeness (QED) is 0.882. The summed E-state index contributed by atoms with van der Waals surface area (Å²) in [6.45, 7) is 2.10. The minimum Gasteiger partial charge on any atom is -0.311 e. The summed E-state index contributed by atoms with van der Waals surface area (Å²) in [5.41, 5.74) is 1.35. The van der Waals surface area contributed by atoms with Crippen LogP contribution in [0.5, 0.6) is 0 Å². The van der Waals surface area contributed by atoms with E-state index in [0.29, 0.717) is 0 Å². The second-order valence-electron chi connectivity index (χ2n) is 4.03. The van der Waals surface area contributed by atoms with Gasteiger partial charge in [0.2, 0.25) is 0 Å². The Morgan fingerprint density at radius 2 is 1.94 bits per heavy atom. The first kappa shape index (κ1) is 12.2. The molecule has 1 aromatic carbocycles. The van der Waals surface area contributed by atoms with Crippen molar-refractivity contribution < 1.29 is 0 Å². The SMILES string of the molecule is CNC(C)c1nnc(CCc2ccccc2)s1. The largest absolute Gasteiger partial charge is 0.311 e. The van der Waals surface area contributed by atoms with Gasteiger partial charge in [-0.2, -0.15) is 0 Å². The number of rotatable bonds is 5. The maximum Gasteiger partial charge on any atom is 0.134 e. The van der Waals surface area contributed by atoms with Crippen molar-refractivity contribution in [3.05, 3.63) is 45.9 Å². The van der Waals surface area contributed by atoms with Crippen molar-refractivity contribution in [2.24, 2.45) is 0 Å². The van der Waals surface area contributed by atoms with Gasteiger partial charge in [0.05, 0.1) is 6.04 Å². The molecule has 17 heavy (non-hydrogen) atoms. The van der Waals surface area contributed by atoms with Crippen molar-refractivity contribution in [3.63, 3.8) is 0 Å². The van der Waals surface area contributed by atoms with Crippen LogP contribution in [0.1, 0.15) is 28.5 Å². The Kier molecular flexibility index (Phi) is 4.23. The third kappa shape index (κ3) is 3.35. The molecule has 0 aliphatic rings. The highest BCUT2D eigenvalue weighted by Gasteiger charge is 2.09. The van der Waals surface area contributed by atoms with Crippen LogP contribution >= 0.6 is 11.3 Å². The first-order chi connectivity index (χ1) is 8.29.